The van der Waals surface area contributed by atoms with Gasteiger partial charge in [-0.25, -0.2) is 0 Å². The third-order valence-corrected chi connectivity index (χ3v) is 3.74. The number of hydrogen-bond donors (Lipinski definition) is 4. The summed E-state index contributed by atoms with van der Waals surface area (Å²) >= 11 is 0. The fourth-order valence-electron chi connectivity index (χ4n) is 2.32. The van der Waals surface area contributed by atoms with Crippen LogP contribution in [0.1, 0.15) is 25.7 Å². The van der Waals surface area contributed by atoms with Gasteiger partial charge in [0.25, 0.3) is 0 Å². The fraction of sp³-hybridized carbons (Fsp3) is 0.200. The van der Waals surface area contributed by atoms with E-state index in [0.717, 1.165) is 7.69 Å². The van der Waals surface area contributed by atoms with Gasteiger partial charge in [-0.3, -0.25) is 19.2 Å². The van der Waals surface area contributed by atoms with Crippen LogP contribution in [0.5, 0.6) is 11.5 Å². The lowest BCUT2D eigenvalue weighted by Crippen LogP contribution is -2.14. The number of rotatable bonds is 12. The first kappa shape index (κ1) is 23.3. The molecule has 0 saturated heterocycles. The minimum atomic E-state index is -1.05. The van der Waals surface area contributed by atoms with Crippen LogP contribution in [0.4, 0.5) is 11.4 Å². The lowest BCUT2D eigenvalue weighted by molar-refractivity contribution is -0.138. The van der Waals surface area contributed by atoms with Crippen LogP contribution in [0.15, 0.2) is 48.5 Å². The van der Waals surface area contributed by atoms with E-state index in [2.05, 4.69) is 10.6 Å². The molecular formula is C20H20BN2O8. The molecule has 11 heteroatoms. The van der Waals surface area contributed by atoms with Crippen molar-refractivity contribution >= 4 is 42.8 Å². The van der Waals surface area contributed by atoms with Crippen molar-refractivity contribution in [3.8, 4) is 11.5 Å². The number of carbonyl (C=O) groups is 4. The summed E-state index contributed by atoms with van der Waals surface area (Å²) in [6.45, 7) is 0. The van der Waals surface area contributed by atoms with Crippen LogP contribution in [0.2, 0.25) is 0 Å². The van der Waals surface area contributed by atoms with Crippen LogP contribution in [-0.2, 0) is 19.2 Å². The highest BCUT2D eigenvalue weighted by molar-refractivity contribution is 6.20. The standard InChI is InChI=1S/C20H20BN2O8/c24-17(7-9-19(26)27)22-13-3-1-5-15(11-13)30-21-31-16-6-2-4-14(12-16)23-18(25)8-10-20(28)29/h1-6,11-12H,7-10H2,(H,22,24)(H,23,25)(H,26,27)(H,28,29). The molecule has 31 heavy (non-hydrogen) atoms. The van der Waals surface area contributed by atoms with Crippen LogP contribution < -0.4 is 19.9 Å². The summed E-state index contributed by atoms with van der Waals surface area (Å²) in [6, 6.07) is 12.9. The van der Waals surface area contributed by atoms with E-state index < -0.39 is 23.8 Å². The van der Waals surface area contributed by atoms with E-state index in [9.17, 15) is 19.2 Å². The van der Waals surface area contributed by atoms with Crippen molar-refractivity contribution in [2.24, 2.45) is 0 Å². The van der Waals surface area contributed by atoms with Crippen molar-refractivity contribution in [3.05, 3.63) is 48.5 Å². The van der Waals surface area contributed by atoms with Gasteiger partial charge in [0.1, 0.15) is 11.5 Å². The molecule has 10 nitrogen and oxygen atoms in total. The first-order valence-electron chi connectivity index (χ1n) is 9.20. The Bertz CT molecular complexity index is 875. The number of anilines is 2. The summed E-state index contributed by atoms with van der Waals surface area (Å²) in [7, 11) is 1.07. The quantitative estimate of drug-likeness (QED) is 0.377. The Morgan fingerprint density at radius 2 is 1.13 bits per heavy atom. The molecule has 2 aromatic rings. The second-order valence-electron chi connectivity index (χ2n) is 6.27. The second-order valence-corrected chi connectivity index (χ2v) is 6.27. The maximum Gasteiger partial charge on any atom is 0.658 e. The number of amides is 2. The predicted molar refractivity (Wildman–Crippen MR) is 111 cm³/mol. The highest BCUT2D eigenvalue weighted by Crippen LogP contribution is 2.20. The molecule has 0 heterocycles. The Morgan fingerprint density at radius 1 is 0.710 bits per heavy atom. The lowest BCUT2D eigenvalue weighted by atomic mass is 10.2. The zero-order chi connectivity index (χ0) is 22.6. The van der Waals surface area contributed by atoms with E-state index in [1.165, 1.54) is 12.1 Å². The summed E-state index contributed by atoms with van der Waals surface area (Å²) in [5.41, 5.74) is 0.875. The molecule has 0 aliphatic carbocycles. The van der Waals surface area contributed by atoms with E-state index in [0.29, 0.717) is 22.9 Å². The van der Waals surface area contributed by atoms with Gasteiger partial charge < -0.3 is 30.2 Å². The molecule has 2 aromatic carbocycles. The smallest absolute Gasteiger partial charge is 0.526 e. The van der Waals surface area contributed by atoms with Gasteiger partial charge in [-0.15, -0.1) is 0 Å². The summed E-state index contributed by atoms with van der Waals surface area (Å²) < 4.78 is 10.7. The Hall–Kier alpha value is -4.02. The molecule has 0 saturated carbocycles. The summed E-state index contributed by atoms with van der Waals surface area (Å²) in [6.07, 6.45) is -0.802. The monoisotopic (exact) mass is 427 g/mol. The second kappa shape index (κ2) is 11.9. The van der Waals surface area contributed by atoms with Gasteiger partial charge in [0, 0.05) is 36.3 Å². The highest BCUT2D eigenvalue weighted by atomic mass is 16.6. The zero-order valence-electron chi connectivity index (χ0n) is 16.4. The van der Waals surface area contributed by atoms with Crippen molar-refractivity contribution < 1.29 is 38.7 Å². The predicted octanol–water partition coefficient (Wildman–Crippen LogP) is 2.29. The molecule has 161 valence electrons. The molecule has 0 unspecified atom stereocenters. The minimum Gasteiger partial charge on any atom is -0.526 e. The molecule has 0 bridgehead atoms. The summed E-state index contributed by atoms with van der Waals surface area (Å²) in [5, 5.41) is 22.4. The van der Waals surface area contributed by atoms with Gasteiger partial charge in [0.2, 0.25) is 11.8 Å². The Balaban J connectivity index is 1.82. The van der Waals surface area contributed by atoms with Gasteiger partial charge in [-0.1, -0.05) is 12.1 Å². The minimum absolute atomic E-state index is 0.140. The van der Waals surface area contributed by atoms with Crippen molar-refractivity contribution in [3.63, 3.8) is 0 Å². The van der Waals surface area contributed by atoms with Crippen molar-refractivity contribution in [1.29, 1.82) is 0 Å². The molecule has 0 aliphatic rings. The highest BCUT2D eigenvalue weighted by Gasteiger charge is 2.09. The van der Waals surface area contributed by atoms with Crippen molar-refractivity contribution in [2.75, 3.05) is 10.6 Å². The SMILES string of the molecule is O=C(O)CCC(=O)Nc1cccc(O[B]Oc2cccc(NC(=O)CCC(=O)O)c2)c1. The van der Waals surface area contributed by atoms with E-state index in [-0.39, 0.29) is 25.7 Å². The first-order chi connectivity index (χ1) is 14.8. The average molecular weight is 427 g/mol. The van der Waals surface area contributed by atoms with Crippen LogP contribution in [0.25, 0.3) is 0 Å². The number of carboxylic acid groups (broad SMARTS) is 2. The van der Waals surface area contributed by atoms with Crippen molar-refractivity contribution in [1.82, 2.24) is 0 Å². The molecule has 0 atom stereocenters. The third-order valence-electron chi connectivity index (χ3n) is 3.74. The Kier molecular flexibility index (Phi) is 8.90. The van der Waals surface area contributed by atoms with Crippen LogP contribution in [-0.4, -0.2) is 41.7 Å². The van der Waals surface area contributed by atoms with Crippen LogP contribution >= 0.6 is 0 Å². The number of nitrogens with one attached hydrogen (secondary N) is 2. The number of hydrogen-bond acceptors (Lipinski definition) is 6. The molecular weight excluding hydrogens is 407 g/mol. The molecule has 4 N–H and O–H groups in total. The molecule has 0 aliphatic heterocycles. The molecule has 2 rings (SSSR count). The maximum atomic E-state index is 11.7. The van der Waals surface area contributed by atoms with E-state index in [4.69, 9.17) is 19.5 Å². The molecule has 0 spiro atoms. The molecule has 1 radical (unpaired) electrons. The van der Waals surface area contributed by atoms with E-state index >= 15 is 0 Å². The fourth-order valence-corrected chi connectivity index (χ4v) is 2.32. The van der Waals surface area contributed by atoms with E-state index in [1.807, 2.05) is 0 Å². The van der Waals surface area contributed by atoms with Gasteiger partial charge in [0.15, 0.2) is 0 Å². The van der Waals surface area contributed by atoms with E-state index in [1.54, 1.807) is 36.4 Å². The summed E-state index contributed by atoms with van der Waals surface area (Å²) in [5.74, 6) is -2.22. The number of benzene rings is 2. The first-order valence-corrected chi connectivity index (χ1v) is 9.20. The number of carbonyl (C=O) groups excluding carboxylic acids is 2. The van der Waals surface area contributed by atoms with Gasteiger partial charge >= 0.3 is 19.6 Å². The Morgan fingerprint density at radius 3 is 1.52 bits per heavy atom. The molecule has 2 amide bonds. The normalized spacial score (nSPS) is 9.94. The topological polar surface area (TPSA) is 151 Å². The molecule has 0 fully saturated rings. The van der Waals surface area contributed by atoms with Gasteiger partial charge in [-0.05, 0) is 24.3 Å². The Labute approximate surface area is 178 Å². The number of carboxylic acids is 2. The van der Waals surface area contributed by atoms with Crippen LogP contribution in [0, 0.1) is 0 Å². The summed E-state index contributed by atoms with van der Waals surface area (Å²) in [4.78, 5) is 44.4. The lowest BCUT2D eigenvalue weighted by Gasteiger charge is -2.10. The van der Waals surface area contributed by atoms with Gasteiger partial charge in [0.05, 0.1) is 12.8 Å². The van der Waals surface area contributed by atoms with Crippen LogP contribution in [0.3, 0.4) is 0 Å². The van der Waals surface area contributed by atoms with Gasteiger partial charge in [-0.2, -0.15) is 0 Å². The zero-order valence-corrected chi connectivity index (χ0v) is 16.4. The number of aliphatic carboxylic acids is 2. The van der Waals surface area contributed by atoms with Crippen molar-refractivity contribution in [2.45, 2.75) is 25.7 Å². The molecule has 0 aromatic heterocycles. The maximum absolute atomic E-state index is 11.7. The third kappa shape index (κ3) is 9.35. The largest absolute Gasteiger partial charge is 0.658 e. The average Bonchev–Trinajstić information content (AvgIpc) is 2.71.